The Hall–Kier alpha value is -1.39. The van der Waals surface area contributed by atoms with E-state index < -0.39 is 0 Å². The maximum Gasteiger partial charge on any atom is 0.251 e. The van der Waals surface area contributed by atoms with E-state index in [-0.39, 0.29) is 30.1 Å². The molecular weight excluding hydrogens is 252 g/mol. The van der Waals surface area contributed by atoms with Crippen molar-refractivity contribution in [3.05, 3.63) is 35.4 Å². The molecule has 1 saturated heterocycles. The summed E-state index contributed by atoms with van der Waals surface area (Å²) in [6, 6.07) is 6.96. The van der Waals surface area contributed by atoms with Crippen molar-refractivity contribution in [2.24, 2.45) is 0 Å². The maximum absolute atomic E-state index is 11.9. The number of benzene rings is 1. The summed E-state index contributed by atoms with van der Waals surface area (Å²) in [6.45, 7) is 3.30. The molecule has 0 spiro atoms. The summed E-state index contributed by atoms with van der Waals surface area (Å²) in [5.41, 5.74) is 1.23. The van der Waals surface area contributed by atoms with Crippen LogP contribution in [0.1, 0.15) is 34.1 Å². The van der Waals surface area contributed by atoms with Crippen molar-refractivity contribution in [1.82, 2.24) is 10.6 Å². The third kappa shape index (κ3) is 3.55. The molecule has 5 heteroatoms. The molecule has 1 heterocycles. The summed E-state index contributed by atoms with van der Waals surface area (Å²) in [6.07, 6.45) is 0.970. The van der Waals surface area contributed by atoms with Gasteiger partial charge in [-0.3, -0.25) is 9.59 Å². The van der Waals surface area contributed by atoms with Crippen LogP contribution in [-0.4, -0.2) is 30.8 Å². The van der Waals surface area contributed by atoms with Crippen LogP contribution in [0.5, 0.6) is 0 Å². The first-order chi connectivity index (χ1) is 8.16. The molecule has 1 amide bonds. The molecule has 0 radical (unpaired) electrons. The van der Waals surface area contributed by atoms with Crippen molar-refractivity contribution >= 4 is 24.1 Å². The molecule has 1 atom stereocenters. The van der Waals surface area contributed by atoms with E-state index in [2.05, 4.69) is 10.6 Å². The number of ketones is 1. The van der Waals surface area contributed by atoms with Gasteiger partial charge in [-0.05, 0) is 32.0 Å². The number of nitrogens with one attached hydrogen (secondary N) is 2. The number of hydrogen-bond donors (Lipinski definition) is 2. The van der Waals surface area contributed by atoms with Crippen molar-refractivity contribution in [1.29, 1.82) is 0 Å². The molecule has 0 aliphatic carbocycles. The van der Waals surface area contributed by atoms with E-state index in [9.17, 15) is 9.59 Å². The monoisotopic (exact) mass is 268 g/mol. The summed E-state index contributed by atoms with van der Waals surface area (Å²) in [7, 11) is 0. The average molecular weight is 269 g/mol. The third-order valence-corrected chi connectivity index (χ3v) is 2.95. The normalized spacial score (nSPS) is 17.9. The molecule has 1 aromatic carbocycles. The number of rotatable bonds is 3. The minimum Gasteiger partial charge on any atom is -0.348 e. The lowest BCUT2D eigenvalue weighted by molar-refractivity contribution is 0.0938. The molecule has 1 fully saturated rings. The molecule has 1 aliphatic heterocycles. The number of hydrogen-bond acceptors (Lipinski definition) is 3. The molecule has 0 bridgehead atoms. The molecule has 0 saturated carbocycles. The highest BCUT2D eigenvalue weighted by Crippen LogP contribution is 2.06. The minimum atomic E-state index is -0.0752. The zero-order valence-electron chi connectivity index (χ0n) is 10.2. The maximum atomic E-state index is 11.9. The van der Waals surface area contributed by atoms with Crippen LogP contribution >= 0.6 is 12.4 Å². The van der Waals surface area contributed by atoms with Crippen molar-refractivity contribution in [2.45, 2.75) is 19.4 Å². The van der Waals surface area contributed by atoms with E-state index in [0.717, 1.165) is 19.5 Å². The Balaban J connectivity index is 0.00000162. The Kier molecular flexibility index (Phi) is 5.31. The molecular formula is C13H17ClN2O2. The van der Waals surface area contributed by atoms with Crippen LogP contribution < -0.4 is 10.6 Å². The Morgan fingerprint density at radius 3 is 2.33 bits per heavy atom. The van der Waals surface area contributed by atoms with E-state index in [1.807, 2.05) is 0 Å². The third-order valence-electron chi connectivity index (χ3n) is 2.95. The largest absolute Gasteiger partial charge is 0.348 e. The van der Waals surface area contributed by atoms with E-state index in [4.69, 9.17) is 0 Å². The molecule has 98 valence electrons. The Labute approximate surface area is 113 Å². The summed E-state index contributed by atoms with van der Waals surface area (Å²) < 4.78 is 0. The predicted octanol–water partition coefficient (Wildman–Crippen LogP) is 1.40. The van der Waals surface area contributed by atoms with Crippen molar-refractivity contribution in [2.75, 3.05) is 13.1 Å². The summed E-state index contributed by atoms with van der Waals surface area (Å²) >= 11 is 0. The zero-order valence-corrected chi connectivity index (χ0v) is 11.0. The lowest BCUT2D eigenvalue weighted by Crippen LogP contribution is -2.36. The average Bonchev–Trinajstić information content (AvgIpc) is 2.82. The number of Topliss-reactive ketones (excluding diaryl/α,β-unsaturated/α-hetero) is 1. The SMILES string of the molecule is CC(=O)c1ccc(C(=O)NC2CCNC2)cc1.Cl. The van der Waals surface area contributed by atoms with Gasteiger partial charge in [0.25, 0.3) is 5.91 Å². The summed E-state index contributed by atoms with van der Waals surface area (Å²) in [5, 5.41) is 6.15. The summed E-state index contributed by atoms with van der Waals surface area (Å²) in [4.78, 5) is 23.0. The van der Waals surface area contributed by atoms with Gasteiger partial charge in [0, 0.05) is 23.7 Å². The van der Waals surface area contributed by atoms with Crippen LogP contribution in [0, 0.1) is 0 Å². The smallest absolute Gasteiger partial charge is 0.251 e. The Morgan fingerprint density at radius 1 is 1.22 bits per heavy atom. The lowest BCUT2D eigenvalue weighted by Gasteiger charge is -2.11. The van der Waals surface area contributed by atoms with Gasteiger partial charge in [-0.25, -0.2) is 0 Å². The topological polar surface area (TPSA) is 58.2 Å². The lowest BCUT2D eigenvalue weighted by atomic mass is 10.1. The molecule has 0 aromatic heterocycles. The van der Waals surface area contributed by atoms with E-state index >= 15 is 0 Å². The van der Waals surface area contributed by atoms with E-state index in [0.29, 0.717) is 11.1 Å². The van der Waals surface area contributed by atoms with Crippen LogP contribution in [0.2, 0.25) is 0 Å². The quantitative estimate of drug-likeness (QED) is 0.815. The van der Waals surface area contributed by atoms with Gasteiger partial charge in [-0.15, -0.1) is 12.4 Å². The molecule has 2 N–H and O–H groups in total. The predicted molar refractivity (Wildman–Crippen MR) is 72.4 cm³/mol. The first-order valence-electron chi connectivity index (χ1n) is 5.79. The van der Waals surface area contributed by atoms with Gasteiger partial charge in [0.1, 0.15) is 0 Å². The van der Waals surface area contributed by atoms with Gasteiger partial charge >= 0.3 is 0 Å². The molecule has 4 nitrogen and oxygen atoms in total. The number of halogens is 1. The fourth-order valence-corrected chi connectivity index (χ4v) is 1.90. The van der Waals surface area contributed by atoms with E-state index in [1.54, 1.807) is 24.3 Å². The second-order valence-corrected chi connectivity index (χ2v) is 4.30. The Bertz CT molecular complexity index is 425. The first-order valence-corrected chi connectivity index (χ1v) is 5.79. The minimum absolute atomic E-state index is 0. The molecule has 1 aromatic rings. The van der Waals surface area contributed by atoms with E-state index in [1.165, 1.54) is 6.92 Å². The standard InChI is InChI=1S/C13H16N2O2.ClH/c1-9(16)10-2-4-11(5-3-10)13(17)15-12-6-7-14-8-12;/h2-5,12,14H,6-8H2,1H3,(H,15,17);1H. The van der Waals surface area contributed by atoms with Gasteiger partial charge in [0.05, 0.1) is 0 Å². The molecule has 2 rings (SSSR count). The van der Waals surface area contributed by atoms with Gasteiger partial charge in [-0.2, -0.15) is 0 Å². The van der Waals surface area contributed by atoms with Crippen LogP contribution in [0.4, 0.5) is 0 Å². The highest BCUT2D eigenvalue weighted by atomic mass is 35.5. The second kappa shape index (κ2) is 6.52. The highest BCUT2D eigenvalue weighted by Gasteiger charge is 2.17. The van der Waals surface area contributed by atoms with Crippen LogP contribution in [0.15, 0.2) is 24.3 Å². The summed E-state index contributed by atoms with van der Waals surface area (Å²) in [5.74, 6) is -0.0641. The van der Waals surface area contributed by atoms with Gasteiger partial charge in [0.2, 0.25) is 0 Å². The molecule has 18 heavy (non-hydrogen) atoms. The van der Waals surface area contributed by atoms with Gasteiger partial charge < -0.3 is 10.6 Å². The van der Waals surface area contributed by atoms with Gasteiger partial charge in [0.15, 0.2) is 5.78 Å². The Morgan fingerprint density at radius 2 is 1.83 bits per heavy atom. The zero-order chi connectivity index (χ0) is 12.3. The number of carbonyl (C=O) groups excluding carboxylic acids is 2. The molecule has 1 unspecified atom stereocenters. The van der Waals surface area contributed by atoms with Crippen LogP contribution in [0.3, 0.4) is 0 Å². The number of carbonyl (C=O) groups is 2. The fraction of sp³-hybridized carbons (Fsp3) is 0.385. The number of amides is 1. The molecule has 1 aliphatic rings. The van der Waals surface area contributed by atoms with Crippen molar-refractivity contribution in [3.63, 3.8) is 0 Å². The second-order valence-electron chi connectivity index (χ2n) is 4.30. The first kappa shape index (κ1) is 14.7. The van der Waals surface area contributed by atoms with Crippen molar-refractivity contribution in [3.8, 4) is 0 Å². The van der Waals surface area contributed by atoms with Crippen molar-refractivity contribution < 1.29 is 9.59 Å². The van der Waals surface area contributed by atoms with Crippen LogP contribution in [0.25, 0.3) is 0 Å². The highest BCUT2D eigenvalue weighted by molar-refractivity contribution is 5.97. The van der Waals surface area contributed by atoms with Crippen LogP contribution in [-0.2, 0) is 0 Å². The van der Waals surface area contributed by atoms with Gasteiger partial charge in [-0.1, -0.05) is 12.1 Å². The fourth-order valence-electron chi connectivity index (χ4n) is 1.90.